The predicted molar refractivity (Wildman–Crippen MR) is 210 cm³/mol. The van der Waals surface area contributed by atoms with Crippen molar-refractivity contribution in [2.75, 3.05) is 11.9 Å². The zero-order valence-electron chi connectivity index (χ0n) is 31.7. The van der Waals surface area contributed by atoms with Gasteiger partial charge in [0.2, 0.25) is 11.8 Å². The smallest absolute Gasteiger partial charge is 0.408 e. The number of ether oxygens (including phenoxy) is 3. The summed E-state index contributed by atoms with van der Waals surface area (Å²) in [5.74, 6) is -0.744. The molecule has 2 unspecified atom stereocenters. The molecule has 0 spiro atoms. The number of unbranched alkanes of at least 4 members (excludes halogenated alkanes) is 1. The van der Waals surface area contributed by atoms with Gasteiger partial charge in [-0.25, -0.2) is 9.59 Å². The van der Waals surface area contributed by atoms with E-state index in [-0.39, 0.29) is 31.6 Å². The number of hydrogen-bond acceptors (Lipinski definition) is 9. The van der Waals surface area contributed by atoms with Gasteiger partial charge in [0.1, 0.15) is 42.9 Å². The van der Waals surface area contributed by atoms with Gasteiger partial charge in [0.15, 0.2) is 6.29 Å². The van der Waals surface area contributed by atoms with Crippen molar-refractivity contribution in [3.63, 3.8) is 0 Å². The van der Waals surface area contributed by atoms with E-state index in [9.17, 15) is 28.8 Å². The fourth-order valence-electron chi connectivity index (χ4n) is 5.42. The number of aldehydes is 2. The van der Waals surface area contributed by atoms with E-state index in [0.717, 1.165) is 16.7 Å². The highest BCUT2D eigenvalue weighted by molar-refractivity contribution is 5.98. The maximum atomic E-state index is 13.9. The first-order chi connectivity index (χ1) is 26.9. The van der Waals surface area contributed by atoms with Crippen LogP contribution in [0.3, 0.4) is 0 Å². The Bertz CT molecular complexity index is 1910. The maximum absolute atomic E-state index is 13.9. The van der Waals surface area contributed by atoms with Crippen LogP contribution < -0.4 is 26.0 Å². The molecule has 0 radical (unpaired) electrons. The van der Waals surface area contributed by atoms with E-state index in [1.807, 2.05) is 60.7 Å². The Hall–Kier alpha value is -6.50. The first-order valence-corrected chi connectivity index (χ1v) is 18.3. The molecule has 13 heteroatoms. The maximum Gasteiger partial charge on any atom is 0.408 e. The van der Waals surface area contributed by atoms with E-state index in [2.05, 4.69) is 21.3 Å². The molecular weight excluding hydrogens is 716 g/mol. The topological polar surface area (TPSA) is 178 Å². The molecule has 0 saturated carbocycles. The fraction of sp³-hybridized carbons (Fsp3) is 0.302. The quantitative estimate of drug-likeness (QED) is 0.0609. The SMILES string of the molecule is CC(C)(C)OC(=O)NCCCCC(NC(=O)C(Cc1ccccc1)NC(=O)OCc1ccccc1)C(=O)Nc1ccc(COc2ccc(C=O)cc2C=O)cc1. The van der Waals surface area contributed by atoms with Crippen LogP contribution >= 0.6 is 0 Å². The molecule has 4 aromatic carbocycles. The standard InChI is InChI=1S/C43H48N4O9/c1-43(2,3)56-41(52)44-23-11-10-16-36(39(50)45-35-20-17-32(18-21-35)28-54-38-22-19-33(26-48)24-34(38)27-49)46-40(51)37(25-30-12-6-4-7-13-30)47-42(53)55-29-31-14-8-5-9-15-31/h4-9,12-15,17-22,24,26-27,36-37H,10-11,16,23,25,28-29H2,1-3H3,(H,44,52)(H,45,50)(H,46,51)(H,47,53). The number of alkyl carbamates (subject to hydrolysis) is 2. The number of carbonyl (C=O) groups is 6. The molecule has 2 atom stereocenters. The van der Waals surface area contributed by atoms with Gasteiger partial charge in [-0.15, -0.1) is 0 Å². The van der Waals surface area contributed by atoms with E-state index in [0.29, 0.717) is 49.0 Å². The van der Waals surface area contributed by atoms with Gasteiger partial charge in [-0.2, -0.15) is 0 Å². The average molecular weight is 765 g/mol. The highest BCUT2D eigenvalue weighted by Gasteiger charge is 2.28. The van der Waals surface area contributed by atoms with Gasteiger partial charge in [-0.1, -0.05) is 72.8 Å². The minimum absolute atomic E-state index is 0.00784. The molecule has 0 aliphatic rings. The van der Waals surface area contributed by atoms with Crippen LogP contribution in [0.4, 0.5) is 15.3 Å². The highest BCUT2D eigenvalue weighted by Crippen LogP contribution is 2.20. The molecule has 13 nitrogen and oxygen atoms in total. The van der Waals surface area contributed by atoms with Crippen molar-refractivity contribution >= 4 is 42.3 Å². The normalized spacial score (nSPS) is 11.9. The lowest BCUT2D eigenvalue weighted by molar-refractivity contribution is -0.128. The van der Waals surface area contributed by atoms with Crippen LogP contribution in [0.1, 0.15) is 77.4 Å². The van der Waals surface area contributed by atoms with Gasteiger partial charge in [-0.3, -0.25) is 19.2 Å². The predicted octanol–water partition coefficient (Wildman–Crippen LogP) is 6.55. The molecule has 4 aromatic rings. The number of hydrogen-bond donors (Lipinski definition) is 4. The summed E-state index contributed by atoms with van der Waals surface area (Å²) in [6, 6.07) is 27.6. The van der Waals surface area contributed by atoms with Gasteiger partial charge < -0.3 is 35.5 Å². The van der Waals surface area contributed by atoms with Crippen LogP contribution in [-0.2, 0) is 38.7 Å². The third-order valence-corrected chi connectivity index (χ3v) is 8.24. The Kier molecular flexibility index (Phi) is 16.1. The zero-order chi connectivity index (χ0) is 40.3. The minimum Gasteiger partial charge on any atom is -0.488 e. The molecule has 0 aliphatic carbocycles. The summed E-state index contributed by atoms with van der Waals surface area (Å²) < 4.78 is 16.5. The third-order valence-electron chi connectivity index (χ3n) is 8.24. The molecule has 0 aromatic heterocycles. The number of amides is 4. The Morgan fingerprint density at radius 2 is 1.34 bits per heavy atom. The molecule has 4 N–H and O–H groups in total. The number of rotatable bonds is 19. The molecular formula is C43H48N4O9. The summed E-state index contributed by atoms with van der Waals surface area (Å²) in [7, 11) is 0. The second kappa shape index (κ2) is 21.4. The Balaban J connectivity index is 1.43. The molecule has 4 amide bonds. The molecule has 0 aliphatic heterocycles. The summed E-state index contributed by atoms with van der Waals surface area (Å²) >= 11 is 0. The molecule has 0 heterocycles. The van der Waals surface area contributed by atoms with E-state index in [1.165, 1.54) is 6.07 Å². The Morgan fingerprint density at radius 3 is 1.98 bits per heavy atom. The average Bonchev–Trinajstić information content (AvgIpc) is 3.19. The highest BCUT2D eigenvalue weighted by atomic mass is 16.6. The van der Waals surface area contributed by atoms with Crippen molar-refractivity contribution in [2.45, 2.75) is 77.4 Å². The number of nitrogens with one attached hydrogen (secondary N) is 4. The van der Waals surface area contributed by atoms with Crippen molar-refractivity contribution < 1.29 is 43.0 Å². The van der Waals surface area contributed by atoms with E-state index < -0.39 is 41.7 Å². The second-order valence-corrected chi connectivity index (χ2v) is 13.9. The summed E-state index contributed by atoms with van der Waals surface area (Å²) in [5, 5.41) is 11.1. The molecule has 0 saturated heterocycles. The van der Waals surface area contributed by atoms with Crippen LogP contribution in [0.25, 0.3) is 0 Å². The van der Waals surface area contributed by atoms with Crippen LogP contribution in [0.2, 0.25) is 0 Å². The van der Waals surface area contributed by atoms with Crippen molar-refractivity contribution in [3.8, 4) is 5.75 Å². The van der Waals surface area contributed by atoms with E-state index >= 15 is 0 Å². The largest absolute Gasteiger partial charge is 0.488 e. The lowest BCUT2D eigenvalue weighted by Gasteiger charge is -2.23. The molecule has 56 heavy (non-hydrogen) atoms. The van der Waals surface area contributed by atoms with Gasteiger partial charge in [0.25, 0.3) is 0 Å². The second-order valence-electron chi connectivity index (χ2n) is 13.9. The zero-order valence-corrected chi connectivity index (χ0v) is 31.7. The van der Waals surface area contributed by atoms with Crippen molar-refractivity contribution in [1.82, 2.24) is 16.0 Å². The lowest BCUT2D eigenvalue weighted by Crippen LogP contribution is -2.53. The first-order valence-electron chi connectivity index (χ1n) is 18.3. The van der Waals surface area contributed by atoms with Crippen molar-refractivity contribution in [3.05, 3.63) is 131 Å². The van der Waals surface area contributed by atoms with E-state index in [1.54, 1.807) is 57.2 Å². The number of carbonyl (C=O) groups excluding carboxylic acids is 6. The molecule has 294 valence electrons. The van der Waals surface area contributed by atoms with Crippen molar-refractivity contribution in [1.29, 1.82) is 0 Å². The molecule has 4 rings (SSSR count). The van der Waals surface area contributed by atoms with Gasteiger partial charge >= 0.3 is 12.2 Å². The third kappa shape index (κ3) is 14.7. The Labute approximate surface area is 326 Å². The summed E-state index contributed by atoms with van der Waals surface area (Å²) in [6.45, 7) is 5.72. The molecule has 0 bridgehead atoms. The lowest BCUT2D eigenvalue weighted by atomic mass is 10.0. The summed E-state index contributed by atoms with van der Waals surface area (Å²) in [4.78, 5) is 75.2. The van der Waals surface area contributed by atoms with Crippen molar-refractivity contribution in [2.24, 2.45) is 0 Å². The van der Waals surface area contributed by atoms with Crippen LogP contribution in [0.5, 0.6) is 5.75 Å². The summed E-state index contributed by atoms with van der Waals surface area (Å²) in [5.41, 5.74) is 2.73. The van der Waals surface area contributed by atoms with E-state index in [4.69, 9.17) is 14.2 Å². The number of benzene rings is 4. The van der Waals surface area contributed by atoms with Crippen LogP contribution in [-0.4, -0.2) is 60.8 Å². The Morgan fingerprint density at radius 1 is 0.679 bits per heavy atom. The monoisotopic (exact) mass is 764 g/mol. The number of anilines is 1. The fourth-order valence-corrected chi connectivity index (χ4v) is 5.42. The summed E-state index contributed by atoms with van der Waals surface area (Å²) in [6.07, 6.45) is 1.23. The van der Waals surface area contributed by atoms with Gasteiger partial charge in [0.05, 0.1) is 5.56 Å². The first kappa shape index (κ1) is 42.2. The molecule has 0 fully saturated rings. The van der Waals surface area contributed by atoms with Gasteiger partial charge in [0, 0.05) is 24.2 Å². The minimum atomic E-state index is -1.07. The van der Waals surface area contributed by atoms with Crippen LogP contribution in [0, 0.1) is 0 Å². The van der Waals surface area contributed by atoms with Crippen LogP contribution in [0.15, 0.2) is 103 Å². The van der Waals surface area contributed by atoms with Gasteiger partial charge in [-0.05, 0) is 87.1 Å².